The summed E-state index contributed by atoms with van der Waals surface area (Å²) in [6.45, 7) is 2.62. The Balaban J connectivity index is 1.47. The van der Waals surface area contributed by atoms with Gasteiger partial charge in [-0.1, -0.05) is 49.4 Å². The van der Waals surface area contributed by atoms with Crippen molar-refractivity contribution >= 4 is 50.9 Å². The molecular weight excluding hydrogens is 719 g/mol. The van der Waals surface area contributed by atoms with Crippen LogP contribution in [0.15, 0.2) is 101 Å². The van der Waals surface area contributed by atoms with Gasteiger partial charge >= 0.3 is 0 Å². The number of sulfonamides is 1. The van der Waals surface area contributed by atoms with Crippen LogP contribution >= 0.6 is 11.8 Å². The van der Waals surface area contributed by atoms with Gasteiger partial charge < -0.3 is 20.3 Å². The number of benzene rings is 4. The number of carbonyl (C=O) groups excluding carboxylic acids is 3. The van der Waals surface area contributed by atoms with Gasteiger partial charge in [0.15, 0.2) is 0 Å². The Labute approximate surface area is 313 Å². The highest BCUT2D eigenvalue weighted by Crippen LogP contribution is 2.32. The van der Waals surface area contributed by atoms with Gasteiger partial charge in [0, 0.05) is 67.4 Å². The zero-order valence-electron chi connectivity index (χ0n) is 30.0. The van der Waals surface area contributed by atoms with E-state index in [9.17, 15) is 32.9 Å². The summed E-state index contributed by atoms with van der Waals surface area (Å²) in [7, 11) is 0.240. The molecule has 4 rings (SSSR count). The minimum absolute atomic E-state index is 0.0227. The summed E-state index contributed by atoms with van der Waals surface area (Å²) in [6, 6.07) is 24.1. The van der Waals surface area contributed by atoms with Crippen molar-refractivity contribution in [3.63, 3.8) is 0 Å². The van der Waals surface area contributed by atoms with Crippen LogP contribution in [0.2, 0.25) is 0 Å². The Kier molecular flexibility index (Phi) is 14.4. The molecule has 0 heterocycles. The number of nitrogens with zero attached hydrogens (tertiary/aromatic N) is 2. The molecule has 3 amide bonds. The second kappa shape index (κ2) is 18.9. The van der Waals surface area contributed by atoms with E-state index in [4.69, 9.17) is 4.74 Å². The first-order valence-electron chi connectivity index (χ1n) is 16.9. The molecule has 0 saturated heterocycles. The lowest BCUT2D eigenvalue weighted by Crippen LogP contribution is -2.32. The van der Waals surface area contributed by atoms with Crippen molar-refractivity contribution in [3.05, 3.63) is 112 Å². The fourth-order valence-corrected chi connectivity index (χ4v) is 7.15. The van der Waals surface area contributed by atoms with Gasteiger partial charge in [-0.25, -0.2) is 13.1 Å². The first-order chi connectivity index (χ1) is 25.3. The van der Waals surface area contributed by atoms with E-state index in [1.807, 2.05) is 60.2 Å². The fraction of sp³-hybridized carbons (Fsp3) is 0.289. The van der Waals surface area contributed by atoms with Gasteiger partial charge in [-0.2, -0.15) is 0 Å². The number of anilines is 1. The largest absolute Gasteiger partial charge is 0.496 e. The minimum Gasteiger partial charge on any atom is -0.496 e. The average molecular weight is 762 g/mol. The molecule has 0 aliphatic heterocycles. The van der Waals surface area contributed by atoms with Crippen LogP contribution in [0.5, 0.6) is 5.75 Å². The number of nitro groups is 1. The highest BCUT2D eigenvalue weighted by atomic mass is 32.2. The number of nitrogens with one attached hydrogen (secondary N) is 3. The predicted octanol–water partition coefficient (Wildman–Crippen LogP) is 5.90. The molecule has 1 atom stereocenters. The van der Waals surface area contributed by atoms with E-state index in [1.54, 1.807) is 26.2 Å². The molecule has 15 heteroatoms. The first-order valence-corrected chi connectivity index (χ1v) is 19.3. The van der Waals surface area contributed by atoms with Crippen LogP contribution in [0.1, 0.15) is 42.1 Å². The monoisotopic (exact) mass is 761 g/mol. The van der Waals surface area contributed by atoms with Gasteiger partial charge in [0.1, 0.15) is 11.4 Å². The lowest BCUT2D eigenvalue weighted by molar-refractivity contribution is -0.384. The number of rotatable bonds is 18. The van der Waals surface area contributed by atoms with Crippen LogP contribution in [0.25, 0.3) is 11.1 Å². The Hall–Kier alpha value is -5.41. The maximum atomic E-state index is 13.3. The molecule has 0 fully saturated rings. The molecule has 0 saturated carbocycles. The number of carbonyl (C=O) groups is 3. The SMILES string of the molecule is CCCNC(=O)CCc1ccc(-c2ccc(C(=O)NS(=O)(=O)c3ccc(N[C@@H](CSc4ccccc4)CC(=O)N(C)C)c([N+](=O)[O-])c3)cc2)c(OC)c1. The summed E-state index contributed by atoms with van der Waals surface area (Å²) in [5, 5.41) is 18.0. The summed E-state index contributed by atoms with van der Waals surface area (Å²) < 4.78 is 34.2. The van der Waals surface area contributed by atoms with E-state index in [-0.39, 0.29) is 29.5 Å². The number of amides is 3. The van der Waals surface area contributed by atoms with Crippen molar-refractivity contribution in [2.75, 3.05) is 38.8 Å². The number of thioether (sulfide) groups is 1. The molecular formula is C38H43N5O8S2. The number of nitro benzene ring substituents is 1. The molecule has 4 aromatic rings. The van der Waals surface area contributed by atoms with Crippen molar-refractivity contribution in [2.45, 2.75) is 48.4 Å². The Bertz CT molecular complexity index is 2020. The lowest BCUT2D eigenvalue weighted by Gasteiger charge is -2.21. The molecule has 4 aromatic carbocycles. The Morgan fingerprint density at radius 2 is 1.68 bits per heavy atom. The Morgan fingerprint density at radius 1 is 0.962 bits per heavy atom. The third kappa shape index (κ3) is 11.5. The summed E-state index contributed by atoms with van der Waals surface area (Å²) in [5.41, 5.74) is 1.91. The van der Waals surface area contributed by atoms with Crippen molar-refractivity contribution < 1.29 is 32.5 Å². The number of ether oxygens (including phenoxy) is 1. The van der Waals surface area contributed by atoms with Crippen molar-refractivity contribution in [3.8, 4) is 16.9 Å². The number of hydrogen-bond donors (Lipinski definition) is 3. The van der Waals surface area contributed by atoms with Crippen LogP contribution in [0.3, 0.4) is 0 Å². The third-order valence-corrected chi connectivity index (χ3v) is 10.6. The van der Waals surface area contributed by atoms with Crippen molar-refractivity contribution in [1.82, 2.24) is 14.9 Å². The third-order valence-electron chi connectivity index (χ3n) is 8.11. The van der Waals surface area contributed by atoms with Crippen LogP contribution in [0.4, 0.5) is 11.4 Å². The number of aryl methyl sites for hydroxylation is 1. The lowest BCUT2D eigenvalue weighted by atomic mass is 9.99. The highest BCUT2D eigenvalue weighted by molar-refractivity contribution is 7.99. The molecule has 280 valence electrons. The van der Waals surface area contributed by atoms with Gasteiger partial charge in [0.2, 0.25) is 11.8 Å². The zero-order valence-corrected chi connectivity index (χ0v) is 31.6. The van der Waals surface area contributed by atoms with Crippen LogP contribution in [-0.4, -0.2) is 75.5 Å². The molecule has 0 spiro atoms. The quantitative estimate of drug-likeness (QED) is 0.0629. The summed E-state index contributed by atoms with van der Waals surface area (Å²) in [4.78, 5) is 51.0. The fourth-order valence-electron chi connectivity index (χ4n) is 5.21. The summed E-state index contributed by atoms with van der Waals surface area (Å²) in [5.74, 6) is -0.171. The molecule has 0 aromatic heterocycles. The van der Waals surface area contributed by atoms with Crippen LogP contribution in [-0.2, 0) is 26.0 Å². The van der Waals surface area contributed by atoms with E-state index in [2.05, 4.69) is 10.6 Å². The zero-order chi connectivity index (χ0) is 38.5. The Morgan fingerprint density at radius 3 is 2.32 bits per heavy atom. The van der Waals surface area contributed by atoms with Crippen LogP contribution < -0.4 is 20.1 Å². The average Bonchev–Trinajstić information content (AvgIpc) is 3.15. The van der Waals surface area contributed by atoms with Gasteiger partial charge in [0.25, 0.3) is 21.6 Å². The second-order valence-corrected chi connectivity index (χ2v) is 15.1. The van der Waals surface area contributed by atoms with Crippen molar-refractivity contribution in [1.29, 1.82) is 0 Å². The molecule has 0 bridgehead atoms. The first kappa shape index (κ1) is 40.4. The van der Waals surface area contributed by atoms with E-state index in [0.717, 1.165) is 34.6 Å². The van der Waals surface area contributed by atoms with Gasteiger partial charge in [-0.05, 0) is 66.4 Å². The highest BCUT2D eigenvalue weighted by Gasteiger charge is 2.26. The van der Waals surface area contributed by atoms with Gasteiger partial charge in [-0.15, -0.1) is 11.8 Å². The minimum atomic E-state index is -4.53. The van der Waals surface area contributed by atoms with Gasteiger partial charge in [0.05, 0.1) is 16.9 Å². The molecule has 13 nitrogen and oxygen atoms in total. The van der Waals surface area contributed by atoms with Crippen LogP contribution in [0, 0.1) is 10.1 Å². The number of hydrogen-bond acceptors (Lipinski definition) is 10. The molecule has 0 radical (unpaired) electrons. The smallest absolute Gasteiger partial charge is 0.293 e. The van der Waals surface area contributed by atoms with Gasteiger partial charge in [-0.3, -0.25) is 24.5 Å². The molecule has 53 heavy (non-hydrogen) atoms. The summed E-state index contributed by atoms with van der Waals surface area (Å²) >= 11 is 1.47. The molecule has 0 aliphatic rings. The van der Waals surface area contributed by atoms with E-state index in [0.29, 0.717) is 36.5 Å². The predicted molar refractivity (Wildman–Crippen MR) is 206 cm³/mol. The normalized spacial score (nSPS) is 11.6. The maximum absolute atomic E-state index is 13.3. The second-order valence-electron chi connectivity index (χ2n) is 12.3. The van der Waals surface area contributed by atoms with E-state index in [1.165, 1.54) is 42.0 Å². The number of methoxy groups -OCH3 is 1. The topological polar surface area (TPSA) is 177 Å². The maximum Gasteiger partial charge on any atom is 0.293 e. The summed E-state index contributed by atoms with van der Waals surface area (Å²) in [6.07, 6.45) is 1.78. The van der Waals surface area contributed by atoms with E-state index < -0.39 is 37.5 Å². The molecule has 0 unspecified atom stereocenters. The van der Waals surface area contributed by atoms with E-state index >= 15 is 0 Å². The molecule has 0 aliphatic carbocycles. The standard InChI is InChI=1S/C38H43N5O8S2/c1-5-21-39-36(44)20-12-26-11-18-32(35(22-26)51-4)27-13-15-28(16-14-27)38(46)41-53(49,50)31-17-19-33(34(24-31)43(47)48)40-29(23-37(45)42(2)3)25-52-30-9-7-6-8-10-30/h6-11,13-19,22,24,29,40H,5,12,20-21,23,25H2,1-4H3,(H,39,44)(H,41,46)/t29-/m1/s1. The molecule has 3 N–H and O–H groups in total. The van der Waals surface area contributed by atoms with Crippen molar-refractivity contribution in [2.24, 2.45) is 0 Å².